The summed E-state index contributed by atoms with van der Waals surface area (Å²) in [6.07, 6.45) is -0.620. The molecule has 0 aliphatic heterocycles. The van der Waals surface area contributed by atoms with Crippen molar-refractivity contribution in [2.24, 2.45) is 5.10 Å². The summed E-state index contributed by atoms with van der Waals surface area (Å²) >= 11 is 11.9. The Labute approximate surface area is 122 Å². The largest absolute Gasteiger partial charge is 0.443 e. The van der Waals surface area contributed by atoms with Crippen molar-refractivity contribution in [2.45, 2.75) is 33.3 Å². The number of halogens is 2. The standard InChI is InChI=1S/C13H16Cl2N2O2/c1-8(10-7-9(14)5-6-11(10)15)16-17-12(18)19-13(2,3)4/h5-7H,1-4H3,(H,17,18)/b16-8-. The van der Waals surface area contributed by atoms with Crippen LogP contribution in [0.3, 0.4) is 0 Å². The summed E-state index contributed by atoms with van der Waals surface area (Å²) in [5.41, 5.74) is 2.94. The predicted octanol–water partition coefficient (Wildman–Crippen LogP) is 4.24. The zero-order valence-corrected chi connectivity index (χ0v) is 12.8. The molecule has 0 aliphatic rings. The number of rotatable bonds is 2. The van der Waals surface area contributed by atoms with Gasteiger partial charge in [-0.1, -0.05) is 23.2 Å². The molecule has 0 saturated heterocycles. The summed E-state index contributed by atoms with van der Waals surface area (Å²) in [6, 6.07) is 5.03. The fourth-order valence-electron chi connectivity index (χ4n) is 1.27. The molecule has 6 heteroatoms. The van der Waals surface area contributed by atoms with E-state index in [1.165, 1.54) is 0 Å². The van der Waals surface area contributed by atoms with Gasteiger partial charge >= 0.3 is 6.09 Å². The molecule has 0 saturated carbocycles. The van der Waals surface area contributed by atoms with E-state index < -0.39 is 11.7 Å². The van der Waals surface area contributed by atoms with Crippen molar-refractivity contribution in [1.29, 1.82) is 0 Å². The van der Waals surface area contributed by atoms with Crippen molar-refractivity contribution in [3.8, 4) is 0 Å². The smallest absolute Gasteiger partial charge is 0.428 e. The van der Waals surface area contributed by atoms with Crippen LogP contribution in [0.15, 0.2) is 23.3 Å². The van der Waals surface area contributed by atoms with Gasteiger partial charge < -0.3 is 4.74 Å². The van der Waals surface area contributed by atoms with Crippen molar-refractivity contribution < 1.29 is 9.53 Å². The van der Waals surface area contributed by atoms with Gasteiger partial charge in [0.05, 0.1) is 5.71 Å². The molecule has 1 amide bonds. The van der Waals surface area contributed by atoms with Gasteiger partial charge in [-0.05, 0) is 45.9 Å². The third-order valence-electron chi connectivity index (χ3n) is 2.03. The van der Waals surface area contributed by atoms with Gasteiger partial charge in [-0.3, -0.25) is 0 Å². The topological polar surface area (TPSA) is 50.7 Å². The van der Waals surface area contributed by atoms with E-state index in [0.29, 0.717) is 21.3 Å². The molecule has 0 aliphatic carbocycles. The minimum Gasteiger partial charge on any atom is -0.443 e. The molecule has 0 heterocycles. The van der Waals surface area contributed by atoms with Crippen LogP contribution in [0.4, 0.5) is 4.79 Å². The average Bonchev–Trinajstić information content (AvgIpc) is 2.27. The maximum Gasteiger partial charge on any atom is 0.428 e. The van der Waals surface area contributed by atoms with Gasteiger partial charge in [0, 0.05) is 15.6 Å². The van der Waals surface area contributed by atoms with Crippen LogP contribution < -0.4 is 5.43 Å². The third-order valence-corrected chi connectivity index (χ3v) is 2.60. The Kier molecular flexibility index (Phi) is 5.20. The number of amides is 1. The summed E-state index contributed by atoms with van der Waals surface area (Å²) in [6.45, 7) is 7.04. The number of nitrogens with one attached hydrogen (secondary N) is 1. The highest BCUT2D eigenvalue weighted by atomic mass is 35.5. The Hall–Kier alpha value is -1.26. The summed E-state index contributed by atoms with van der Waals surface area (Å²) in [5, 5.41) is 4.99. The van der Waals surface area contributed by atoms with E-state index in [0.717, 1.165) is 0 Å². The van der Waals surface area contributed by atoms with Crippen molar-refractivity contribution in [2.75, 3.05) is 0 Å². The number of benzene rings is 1. The number of nitrogens with zero attached hydrogens (tertiary/aromatic N) is 1. The van der Waals surface area contributed by atoms with Crippen LogP contribution in [-0.4, -0.2) is 17.4 Å². The predicted molar refractivity (Wildman–Crippen MR) is 78.0 cm³/mol. The highest BCUT2D eigenvalue weighted by molar-refractivity contribution is 6.36. The number of hydrogen-bond acceptors (Lipinski definition) is 3. The second-order valence-corrected chi connectivity index (χ2v) is 5.78. The molecule has 0 bridgehead atoms. The Balaban J connectivity index is 2.77. The molecule has 4 nitrogen and oxygen atoms in total. The van der Waals surface area contributed by atoms with E-state index in [1.807, 2.05) is 0 Å². The molecule has 104 valence electrons. The lowest BCUT2D eigenvalue weighted by molar-refractivity contribution is 0.0529. The molecule has 0 radical (unpaired) electrons. The third kappa shape index (κ3) is 5.49. The second-order valence-electron chi connectivity index (χ2n) is 4.94. The van der Waals surface area contributed by atoms with Gasteiger partial charge in [0.25, 0.3) is 0 Å². The summed E-state index contributed by atoms with van der Waals surface area (Å²) < 4.78 is 5.06. The molecule has 1 aromatic carbocycles. The van der Waals surface area contributed by atoms with E-state index in [9.17, 15) is 4.79 Å². The van der Waals surface area contributed by atoms with E-state index in [-0.39, 0.29) is 0 Å². The van der Waals surface area contributed by atoms with Gasteiger partial charge in [0.15, 0.2) is 0 Å². The van der Waals surface area contributed by atoms with Gasteiger partial charge in [-0.15, -0.1) is 0 Å². The van der Waals surface area contributed by atoms with Crippen LogP contribution in [0.25, 0.3) is 0 Å². The molecule has 0 atom stereocenters. The molecule has 1 aromatic rings. The molecule has 19 heavy (non-hydrogen) atoms. The molecule has 1 N–H and O–H groups in total. The number of hydrogen-bond donors (Lipinski definition) is 1. The van der Waals surface area contributed by atoms with Crippen LogP contribution in [0, 0.1) is 0 Å². The van der Waals surface area contributed by atoms with Crippen molar-refractivity contribution in [3.05, 3.63) is 33.8 Å². The zero-order valence-electron chi connectivity index (χ0n) is 11.3. The van der Waals surface area contributed by atoms with Crippen molar-refractivity contribution in [3.63, 3.8) is 0 Å². The van der Waals surface area contributed by atoms with Crippen LogP contribution in [0.5, 0.6) is 0 Å². The first-order valence-corrected chi connectivity index (χ1v) is 6.43. The molecule has 0 aromatic heterocycles. The summed E-state index contributed by atoms with van der Waals surface area (Å²) in [4.78, 5) is 11.4. The Morgan fingerprint density at radius 1 is 1.32 bits per heavy atom. The normalized spacial score (nSPS) is 12.2. The lowest BCUT2D eigenvalue weighted by Gasteiger charge is -2.18. The Morgan fingerprint density at radius 3 is 2.53 bits per heavy atom. The first-order valence-electron chi connectivity index (χ1n) is 5.68. The van der Waals surface area contributed by atoms with Crippen LogP contribution in [-0.2, 0) is 4.74 Å². The minimum atomic E-state index is -0.620. The fourth-order valence-corrected chi connectivity index (χ4v) is 1.69. The summed E-state index contributed by atoms with van der Waals surface area (Å²) in [7, 11) is 0. The highest BCUT2D eigenvalue weighted by Crippen LogP contribution is 2.21. The lowest BCUT2D eigenvalue weighted by Crippen LogP contribution is -2.30. The second kappa shape index (κ2) is 6.26. The van der Waals surface area contributed by atoms with E-state index in [4.69, 9.17) is 27.9 Å². The van der Waals surface area contributed by atoms with Crippen molar-refractivity contribution >= 4 is 35.0 Å². The van der Waals surface area contributed by atoms with Crippen LogP contribution >= 0.6 is 23.2 Å². The zero-order chi connectivity index (χ0) is 14.6. The van der Waals surface area contributed by atoms with E-state index in [2.05, 4.69) is 10.5 Å². The van der Waals surface area contributed by atoms with E-state index >= 15 is 0 Å². The quantitative estimate of drug-likeness (QED) is 0.656. The Bertz CT molecular complexity index is 508. The molecule has 0 unspecified atom stereocenters. The number of hydrazone groups is 1. The van der Waals surface area contributed by atoms with Gasteiger partial charge in [0.2, 0.25) is 0 Å². The lowest BCUT2D eigenvalue weighted by atomic mass is 10.1. The average molecular weight is 303 g/mol. The first kappa shape index (κ1) is 15.8. The molecule has 0 fully saturated rings. The van der Waals surface area contributed by atoms with Gasteiger partial charge in [-0.2, -0.15) is 5.10 Å². The fraction of sp³-hybridized carbons (Fsp3) is 0.385. The van der Waals surface area contributed by atoms with Crippen LogP contribution in [0.2, 0.25) is 10.0 Å². The Morgan fingerprint density at radius 2 is 1.95 bits per heavy atom. The first-order chi connectivity index (χ1) is 8.69. The monoisotopic (exact) mass is 302 g/mol. The number of ether oxygens (including phenoxy) is 1. The maximum atomic E-state index is 11.4. The molecular formula is C13H16Cl2N2O2. The van der Waals surface area contributed by atoms with Crippen LogP contribution in [0.1, 0.15) is 33.3 Å². The van der Waals surface area contributed by atoms with Crippen molar-refractivity contribution in [1.82, 2.24) is 5.43 Å². The minimum absolute atomic E-state index is 0.511. The number of carbonyl (C=O) groups excluding carboxylic acids is 1. The van der Waals surface area contributed by atoms with E-state index in [1.54, 1.807) is 45.9 Å². The molecule has 1 rings (SSSR count). The van der Waals surface area contributed by atoms with Gasteiger partial charge in [0.1, 0.15) is 5.60 Å². The van der Waals surface area contributed by atoms with Gasteiger partial charge in [-0.25, -0.2) is 10.2 Å². The molecular weight excluding hydrogens is 287 g/mol. The highest BCUT2D eigenvalue weighted by Gasteiger charge is 2.15. The maximum absolute atomic E-state index is 11.4. The molecule has 0 spiro atoms. The number of carbonyl (C=O) groups is 1. The SMILES string of the molecule is C/C(=N/NC(=O)OC(C)(C)C)c1cc(Cl)ccc1Cl. The summed E-state index contributed by atoms with van der Waals surface area (Å²) in [5.74, 6) is 0.